The fourth-order valence-electron chi connectivity index (χ4n) is 7.39. The molecule has 0 radical (unpaired) electrons. The lowest BCUT2D eigenvalue weighted by molar-refractivity contribution is 0.193. The Balaban J connectivity index is 1.44. The Labute approximate surface area is 261 Å². The minimum Gasteiger partial charge on any atom is -0.373 e. The second-order valence-electron chi connectivity index (χ2n) is 13.0. The van der Waals surface area contributed by atoms with Crippen LogP contribution in [0.25, 0.3) is 11.1 Å². The summed E-state index contributed by atoms with van der Waals surface area (Å²) in [6, 6.07) is 20.8. The number of hydrogen-bond acceptors (Lipinski definition) is 3. The van der Waals surface area contributed by atoms with Crippen molar-refractivity contribution in [2.24, 2.45) is 23.7 Å². The van der Waals surface area contributed by atoms with E-state index in [2.05, 4.69) is 62.4 Å². The second kappa shape index (κ2) is 17.9. The van der Waals surface area contributed by atoms with E-state index in [0.717, 1.165) is 11.8 Å². The van der Waals surface area contributed by atoms with Gasteiger partial charge in [-0.05, 0) is 122 Å². The van der Waals surface area contributed by atoms with Crippen LogP contribution in [0.2, 0.25) is 0 Å². The zero-order valence-electron chi connectivity index (χ0n) is 26.7. The van der Waals surface area contributed by atoms with Gasteiger partial charge in [-0.1, -0.05) is 88.8 Å². The number of nitrogens with zero attached hydrogens (tertiary/aromatic N) is 2. The summed E-state index contributed by atoms with van der Waals surface area (Å²) in [6.45, 7) is 5.76. The average molecular weight is 577 g/mol. The van der Waals surface area contributed by atoms with Gasteiger partial charge in [0.2, 0.25) is 0 Å². The molecule has 0 N–H and O–H groups in total. The number of nitriles is 2. The molecule has 2 fully saturated rings. The monoisotopic (exact) mass is 576 g/mol. The smallest absolute Gasteiger partial charge is 0.0991 e. The van der Waals surface area contributed by atoms with E-state index in [1.165, 1.54) is 112 Å². The summed E-state index contributed by atoms with van der Waals surface area (Å²) in [5.74, 6) is 2.87. The Morgan fingerprint density at radius 3 is 1.33 bits per heavy atom. The average Bonchev–Trinajstić information content (AvgIpc) is 3.07. The fraction of sp³-hybridized carbons (Fsp3) is 0.550. The summed E-state index contributed by atoms with van der Waals surface area (Å²) in [5, 5.41) is 18.6. The first-order chi connectivity index (χ1) is 21.1. The molecular weight excluding hydrogens is 524 g/mol. The number of hydrogen-bond donors (Lipinski definition) is 0. The Hall–Kier alpha value is -3.14. The van der Waals surface area contributed by atoms with E-state index in [1.54, 1.807) is 0 Å². The summed E-state index contributed by atoms with van der Waals surface area (Å²) in [5.41, 5.74) is 6.66. The molecule has 4 rings (SSSR count). The molecule has 228 valence electrons. The predicted molar refractivity (Wildman–Crippen MR) is 179 cm³/mol. The van der Waals surface area contributed by atoms with Crippen LogP contribution >= 0.6 is 0 Å². The molecule has 2 saturated carbocycles. The van der Waals surface area contributed by atoms with Crippen LogP contribution < -0.4 is 0 Å². The van der Waals surface area contributed by atoms with Crippen molar-refractivity contribution in [3.05, 3.63) is 82.9 Å². The number of rotatable bonds is 14. The van der Waals surface area contributed by atoms with E-state index >= 15 is 0 Å². The normalized spacial score (nSPS) is 23.0. The van der Waals surface area contributed by atoms with Crippen molar-refractivity contribution in [1.82, 2.24) is 0 Å². The van der Waals surface area contributed by atoms with Crippen molar-refractivity contribution in [1.29, 1.82) is 10.5 Å². The molecule has 2 aromatic carbocycles. The quantitative estimate of drug-likeness (QED) is 0.210. The first-order valence-electron chi connectivity index (χ1n) is 17.1. The van der Waals surface area contributed by atoms with Gasteiger partial charge < -0.3 is 4.74 Å². The number of allylic oxidation sites excluding steroid dienone is 2. The molecule has 2 aliphatic carbocycles. The van der Waals surface area contributed by atoms with Gasteiger partial charge in [0.1, 0.15) is 0 Å². The molecule has 0 heterocycles. The van der Waals surface area contributed by atoms with Gasteiger partial charge in [0.15, 0.2) is 0 Å². The minimum absolute atomic E-state index is 0.557. The highest BCUT2D eigenvalue weighted by molar-refractivity contribution is 5.69. The highest BCUT2D eigenvalue weighted by Gasteiger charge is 2.25. The van der Waals surface area contributed by atoms with Crippen LogP contribution in [0, 0.1) is 46.3 Å². The van der Waals surface area contributed by atoms with Crippen molar-refractivity contribution in [2.75, 3.05) is 13.2 Å². The molecule has 43 heavy (non-hydrogen) atoms. The van der Waals surface area contributed by atoms with Crippen molar-refractivity contribution in [2.45, 2.75) is 104 Å². The first kappa shape index (κ1) is 32.8. The maximum Gasteiger partial charge on any atom is 0.0991 e. The lowest BCUT2D eigenvalue weighted by atomic mass is 9.75. The molecular formula is C40H52N2O. The van der Waals surface area contributed by atoms with Gasteiger partial charge in [-0.15, -0.1) is 0 Å². The van der Waals surface area contributed by atoms with Gasteiger partial charge in [-0.2, -0.15) is 10.5 Å². The van der Waals surface area contributed by atoms with E-state index in [9.17, 15) is 10.5 Å². The first-order valence-corrected chi connectivity index (χ1v) is 17.1. The molecule has 0 bridgehead atoms. The number of unbranched alkanes of at least 4 members (excludes halogenated alkanes) is 2. The molecule has 0 unspecified atom stereocenters. The molecule has 0 spiro atoms. The van der Waals surface area contributed by atoms with E-state index < -0.39 is 0 Å². The lowest BCUT2D eigenvalue weighted by Gasteiger charge is -2.31. The summed E-state index contributed by atoms with van der Waals surface area (Å²) in [7, 11) is 0. The summed E-state index contributed by atoms with van der Waals surface area (Å²) in [6.07, 6.45) is 22.9. The Morgan fingerprint density at radius 1 is 0.628 bits per heavy atom. The van der Waals surface area contributed by atoms with Crippen molar-refractivity contribution < 1.29 is 4.74 Å². The molecule has 3 nitrogen and oxygen atoms in total. The highest BCUT2D eigenvalue weighted by Crippen LogP contribution is 2.40. The van der Waals surface area contributed by atoms with Gasteiger partial charge >= 0.3 is 0 Å². The van der Waals surface area contributed by atoms with Gasteiger partial charge in [0.25, 0.3) is 0 Å². The van der Waals surface area contributed by atoms with Gasteiger partial charge in [-0.25, -0.2) is 0 Å². The van der Waals surface area contributed by atoms with Crippen LogP contribution in [-0.4, -0.2) is 13.2 Å². The standard InChI is InChI=1S/C40H52N2O/c1-3-5-7-31-9-17-35(18-10-31)39(37-21-13-33(29-41)14-22-37)25-27-43-28-26-40(38-23-15-34(30-42)16-24-38)36-19-11-32(12-20-36)8-6-4-2/h13-16,21-26,31-32,35-36H,3-12,17-20,27-28H2,1-2H3/t31-,32-,35-,36-. The van der Waals surface area contributed by atoms with Crippen LogP contribution in [-0.2, 0) is 4.74 Å². The zero-order valence-corrected chi connectivity index (χ0v) is 26.7. The molecule has 0 saturated heterocycles. The molecule has 0 aliphatic heterocycles. The third-order valence-electron chi connectivity index (χ3n) is 10.0. The molecule has 0 amide bonds. The van der Waals surface area contributed by atoms with E-state index in [1.807, 2.05) is 24.3 Å². The van der Waals surface area contributed by atoms with Crippen LogP contribution in [0.15, 0.2) is 60.7 Å². The molecule has 0 aromatic heterocycles. The minimum atomic E-state index is 0.557. The summed E-state index contributed by atoms with van der Waals surface area (Å²) < 4.78 is 6.30. The van der Waals surface area contributed by atoms with Crippen molar-refractivity contribution in [3.63, 3.8) is 0 Å². The van der Waals surface area contributed by atoms with Gasteiger partial charge in [0.05, 0.1) is 36.5 Å². The molecule has 2 aromatic rings. The largest absolute Gasteiger partial charge is 0.373 e. The summed E-state index contributed by atoms with van der Waals surface area (Å²) >= 11 is 0. The molecule has 0 atom stereocenters. The molecule has 2 aliphatic rings. The SMILES string of the molecule is CCCC[C@H]1CC[C@H](C(=CCOCC=C(c2ccc(C#N)cc2)[C@H]2CC[C@H](CCCC)CC2)c2ccc(C#N)cc2)CC1. The highest BCUT2D eigenvalue weighted by atomic mass is 16.5. The Kier molecular flexibility index (Phi) is 13.6. The van der Waals surface area contributed by atoms with E-state index in [4.69, 9.17) is 4.74 Å². The second-order valence-corrected chi connectivity index (χ2v) is 13.0. The third kappa shape index (κ3) is 9.95. The molecule has 3 heteroatoms. The van der Waals surface area contributed by atoms with Crippen LogP contribution in [0.5, 0.6) is 0 Å². The summed E-state index contributed by atoms with van der Waals surface area (Å²) in [4.78, 5) is 0. The van der Waals surface area contributed by atoms with Crippen molar-refractivity contribution >= 4 is 11.1 Å². The third-order valence-corrected chi connectivity index (χ3v) is 10.0. The van der Waals surface area contributed by atoms with Crippen molar-refractivity contribution in [3.8, 4) is 12.1 Å². The van der Waals surface area contributed by atoms with Crippen LogP contribution in [0.3, 0.4) is 0 Å². The van der Waals surface area contributed by atoms with E-state index in [-0.39, 0.29) is 0 Å². The fourth-order valence-corrected chi connectivity index (χ4v) is 7.39. The Bertz CT molecular complexity index is 1140. The lowest BCUT2D eigenvalue weighted by Crippen LogP contribution is -2.16. The zero-order chi connectivity index (χ0) is 30.3. The maximum absolute atomic E-state index is 9.31. The maximum atomic E-state index is 9.31. The van der Waals surface area contributed by atoms with Crippen LogP contribution in [0.1, 0.15) is 126 Å². The Morgan fingerprint density at radius 2 is 1.00 bits per heavy atom. The topological polar surface area (TPSA) is 56.8 Å². The van der Waals surface area contributed by atoms with Gasteiger partial charge in [-0.3, -0.25) is 0 Å². The number of benzene rings is 2. The van der Waals surface area contributed by atoms with Gasteiger partial charge in [0, 0.05) is 0 Å². The van der Waals surface area contributed by atoms with E-state index in [0.29, 0.717) is 36.2 Å². The number of ether oxygens (including phenoxy) is 1. The van der Waals surface area contributed by atoms with Crippen LogP contribution in [0.4, 0.5) is 0 Å². The predicted octanol–water partition coefficient (Wildman–Crippen LogP) is 10.9.